The predicted molar refractivity (Wildman–Crippen MR) is 89.0 cm³/mol. The van der Waals surface area contributed by atoms with Crippen LogP contribution in [0.5, 0.6) is 0 Å². The molecule has 0 saturated carbocycles. The van der Waals surface area contributed by atoms with Gasteiger partial charge in [0.15, 0.2) is 5.76 Å². The minimum absolute atomic E-state index is 0.101. The van der Waals surface area contributed by atoms with Gasteiger partial charge >= 0.3 is 0 Å². The Bertz CT molecular complexity index is 666. The third-order valence-corrected chi connectivity index (χ3v) is 6.51. The van der Waals surface area contributed by atoms with Crippen LogP contribution < -0.4 is 10.6 Å². The number of aryl methyl sites for hydroxylation is 2. The SMILES string of the molecule is CNC(C)CNC(=O)C1CCCN(S(=O)(=O)c2c(C)noc2C)C1. The number of hydrogen-bond acceptors (Lipinski definition) is 6. The first-order valence-electron chi connectivity index (χ1n) is 8.15. The first kappa shape index (κ1) is 18.9. The van der Waals surface area contributed by atoms with Crippen molar-refractivity contribution in [2.75, 3.05) is 26.7 Å². The van der Waals surface area contributed by atoms with E-state index >= 15 is 0 Å². The summed E-state index contributed by atoms with van der Waals surface area (Å²) in [6.07, 6.45) is 1.34. The summed E-state index contributed by atoms with van der Waals surface area (Å²) in [6, 6.07) is 0.166. The average molecular weight is 358 g/mol. The minimum atomic E-state index is -3.70. The molecule has 1 aromatic heterocycles. The van der Waals surface area contributed by atoms with Crippen molar-refractivity contribution in [1.29, 1.82) is 0 Å². The Morgan fingerprint density at radius 3 is 2.75 bits per heavy atom. The zero-order chi connectivity index (χ0) is 17.9. The van der Waals surface area contributed by atoms with E-state index in [9.17, 15) is 13.2 Å². The van der Waals surface area contributed by atoms with Crippen LogP contribution in [0.1, 0.15) is 31.2 Å². The van der Waals surface area contributed by atoms with Gasteiger partial charge in [0.2, 0.25) is 15.9 Å². The van der Waals surface area contributed by atoms with E-state index < -0.39 is 10.0 Å². The second-order valence-electron chi connectivity index (χ2n) is 6.29. The average Bonchev–Trinajstić information content (AvgIpc) is 2.91. The van der Waals surface area contributed by atoms with Gasteiger partial charge in [-0.1, -0.05) is 5.16 Å². The second kappa shape index (κ2) is 7.62. The molecule has 1 amide bonds. The molecule has 1 saturated heterocycles. The molecule has 2 heterocycles. The molecule has 2 unspecified atom stereocenters. The molecule has 136 valence electrons. The summed E-state index contributed by atoms with van der Waals surface area (Å²) in [5.41, 5.74) is 0.349. The minimum Gasteiger partial charge on any atom is -0.360 e. The molecule has 1 aliphatic rings. The Labute approximate surface area is 143 Å². The van der Waals surface area contributed by atoms with Crippen LogP contribution in [0.3, 0.4) is 0 Å². The van der Waals surface area contributed by atoms with Crippen molar-refractivity contribution in [1.82, 2.24) is 20.1 Å². The summed E-state index contributed by atoms with van der Waals surface area (Å²) in [6.45, 7) is 6.27. The maximum Gasteiger partial charge on any atom is 0.248 e. The van der Waals surface area contributed by atoms with Crippen molar-refractivity contribution in [2.24, 2.45) is 5.92 Å². The highest BCUT2D eigenvalue weighted by Crippen LogP contribution is 2.27. The Balaban J connectivity index is 2.09. The molecule has 24 heavy (non-hydrogen) atoms. The van der Waals surface area contributed by atoms with Crippen LogP contribution >= 0.6 is 0 Å². The van der Waals surface area contributed by atoms with E-state index in [1.807, 2.05) is 14.0 Å². The van der Waals surface area contributed by atoms with E-state index in [0.717, 1.165) is 0 Å². The number of likely N-dealkylation sites (N-methyl/N-ethyl adjacent to an activating group) is 1. The Hall–Kier alpha value is -1.45. The number of nitrogens with zero attached hydrogens (tertiary/aromatic N) is 2. The molecular formula is C15H26N4O4S. The van der Waals surface area contributed by atoms with Gasteiger partial charge in [-0.3, -0.25) is 4.79 Å². The monoisotopic (exact) mass is 358 g/mol. The van der Waals surface area contributed by atoms with Crippen molar-refractivity contribution >= 4 is 15.9 Å². The maximum absolute atomic E-state index is 12.9. The predicted octanol–water partition coefficient (Wildman–Crippen LogP) is 0.416. The molecule has 0 aromatic carbocycles. The van der Waals surface area contributed by atoms with Crippen LogP contribution in [0.15, 0.2) is 9.42 Å². The van der Waals surface area contributed by atoms with E-state index in [1.54, 1.807) is 13.8 Å². The molecule has 8 nitrogen and oxygen atoms in total. The maximum atomic E-state index is 12.9. The van der Waals surface area contributed by atoms with Gasteiger partial charge in [0.05, 0.1) is 5.92 Å². The highest BCUT2D eigenvalue weighted by Gasteiger charge is 2.36. The molecule has 1 aromatic rings. The van der Waals surface area contributed by atoms with Crippen molar-refractivity contribution in [2.45, 2.75) is 44.6 Å². The first-order chi connectivity index (χ1) is 11.3. The second-order valence-corrected chi connectivity index (χ2v) is 8.17. The number of carbonyl (C=O) groups excluding carboxylic acids is 1. The topological polar surface area (TPSA) is 105 Å². The normalized spacial score (nSPS) is 20.8. The van der Waals surface area contributed by atoms with Gasteiger partial charge in [-0.25, -0.2) is 8.42 Å². The first-order valence-corrected chi connectivity index (χ1v) is 9.59. The molecule has 0 spiro atoms. The fourth-order valence-electron chi connectivity index (χ4n) is 2.85. The third kappa shape index (κ3) is 3.96. The van der Waals surface area contributed by atoms with Gasteiger partial charge in [0, 0.05) is 25.7 Å². The Kier molecular flexibility index (Phi) is 6.00. The lowest BCUT2D eigenvalue weighted by Crippen LogP contribution is -2.47. The van der Waals surface area contributed by atoms with Crippen molar-refractivity contribution in [3.63, 3.8) is 0 Å². The van der Waals surface area contributed by atoms with E-state index in [-0.39, 0.29) is 35.1 Å². The van der Waals surface area contributed by atoms with Gasteiger partial charge in [0.25, 0.3) is 0 Å². The molecule has 2 atom stereocenters. The smallest absolute Gasteiger partial charge is 0.248 e. The molecular weight excluding hydrogens is 332 g/mol. The summed E-state index contributed by atoms with van der Waals surface area (Å²) in [4.78, 5) is 12.4. The van der Waals surface area contributed by atoms with Crippen molar-refractivity contribution in [3.05, 3.63) is 11.5 Å². The number of piperidine rings is 1. The largest absolute Gasteiger partial charge is 0.360 e. The number of aromatic nitrogens is 1. The van der Waals surface area contributed by atoms with Gasteiger partial charge in [-0.2, -0.15) is 4.31 Å². The highest BCUT2D eigenvalue weighted by atomic mass is 32.2. The third-order valence-electron chi connectivity index (χ3n) is 4.40. The van der Waals surface area contributed by atoms with Crippen LogP contribution in [0.4, 0.5) is 0 Å². The summed E-state index contributed by atoms with van der Waals surface area (Å²) >= 11 is 0. The number of hydrogen-bond donors (Lipinski definition) is 2. The number of carbonyl (C=O) groups is 1. The van der Waals surface area contributed by atoms with Crippen molar-refractivity contribution < 1.29 is 17.7 Å². The van der Waals surface area contributed by atoms with Crippen LogP contribution in [-0.2, 0) is 14.8 Å². The molecule has 9 heteroatoms. The van der Waals surface area contributed by atoms with E-state index in [1.165, 1.54) is 4.31 Å². The molecule has 0 aliphatic carbocycles. The quantitative estimate of drug-likeness (QED) is 0.763. The van der Waals surface area contributed by atoms with Crippen molar-refractivity contribution in [3.8, 4) is 0 Å². The summed E-state index contributed by atoms with van der Waals surface area (Å²) in [7, 11) is -1.87. The summed E-state index contributed by atoms with van der Waals surface area (Å²) in [5.74, 6) is -0.157. The summed E-state index contributed by atoms with van der Waals surface area (Å²) < 4.78 is 32.1. The molecule has 0 bridgehead atoms. The van der Waals surface area contributed by atoms with E-state index in [4.69, 9.17) is 4.52 Å². The number of sulfonamides is 1. The lowest BCUT2D eigenvalue weighted by atomic mass is 9.99. The van der Waals surface area contributed by atoms with E-state index in [2.05, 4.69) is 15.8 Å². The number of amides is 1. The van der Waals surface area contributed by atoms with Crippen LogP contribution in [0.25, 0.3) is 0 Å². The number of nitrogens with one attached hydrogen (secondary N) is 2. The number of rotatable bonds is 6. The molecule has 0 radical (unpaired) electrons. The fourth-order valence-corrected chi connectivity index (χ4v) is 4.66. The molecule has 1 aliphatic heterocycles. The zero-order valence-corrected chi connectivity index (χ0v) is 15.4. The Morgan fingerprint density at radius 1 is 1.46 bits per heavy atom. The molecule has 2 N–H and O–H groups in total. The lowest BCUT2D eigenvalue weighted by Gasteiger charge is -2.31. The fraction of sp³-hybridized carbons (Fsp3) is 0.733. The lowest BCUT2D eigenvalue weighted by molar-refractivity contribution is -0.126. The van der Waals surface area contributed by atoms with Crippen LogP contribution in [0.2, 0.25) is 0 Å². The molecule has 1 fully saturated rings. The molecule has 2 rings (SSSR count). The van der Waals surface area contributed by atoms with Crippen LogP contribution in [0, 0.1) is 19.8 Å². The highest BCUT2D eigenvalue weighted by molar-refractivity contribution is 7.89. The zero-order valence-electron chi connectivity index (χ0n) is 14.6. The standard InChI is InChI=1S/C15H26N4O4S/c1-10(16-4)8-17-15(20)13-6-5-7-19(9-13)24(21,22)14-11(2)18-23-12(14)3/h10,13,16H,5-9H2,1-4H3,(H,17,20). The van der Waals surface area contributed by atoms with E-state index in [0.29, 0.717) is 31.6 Å². The van der Waals surface area contributed by atoms with Gasteiger partial charge in [0.1, 0.15) is 10.6 Å². The van der Waals surface area contributed by atoms with Crippen LogP contribution in [-0.4, -0.2) is 56.5 Å². The van der Waals surface area contributed by atoms with Gasteiger partial charge in [-0.15, -0.1) is 0 Å². The van der Waals surface area contributed by atoms with Gasteiger partial charge < -0.3 is 15.2 Å². The Morgan fingerprint density at radius 2 is 2.17 bits per heavy atom. The summed E-state index contributed by atoms with van der Waals surface area (Å²) in [5, 5.41) is 9.65. The van der Waals surface area contributed by atoms with Gasteiger partial charge in [-0.05, 0) is 40.7 Å².